The quantitative estimate of drug-likeness (QED) is 0.924. The molecule has 1 aliphatic carbocycles. The molecule has 1 N–H and O–H groups in total. The number of hydrogen-bond donors (Lipinski definition) is 1. The largest absolute Gasteiger partial charge is 0.481 e. The van der Waals surface area contributed by atoms with Gasteiger partial charge in [-0.2, -0.15) is 0 Å². The zero-order valence-corrected chi connectivity index (χ0v) is 14.1. The zero-order chi connectivity index (χ0) is 17.0. The Morgan fingerprint density at radius 3 is 2.71 bits per heavy atom. The summed E-state index contributed by atoms with van der Waals surface area (Å²) in [5, 5.41) is 10.3. The lowest BCUT2D eigenvalue weighted by atomic mass is 9.92. The van der Waals surface area contributed by atoms with E-state index in [1.54, 1.807) is 11.0 Å². The van der Waals surface area contributed by atoms with Crippen LogP contribution in [0, 0.1) is 30.5 Å². The van der Waals surface area contributed by atoms with Crippen LogP contribution in [-0.4, -0.2) is 35.0 Å². The molecule has 2 atom stereocenters. The van der Waals surface area contributed by atoms with Gasteiger partial charge in [0, 0.05) is 17.8 Å². The molecule has 24 heavy (non-hydrogen) atoms. The van der Waals surface area contributed by atoms with Crippen molar-refractivity contribution in [2.24, 2.45) is 17.8 Å². The molecule has 0 spiro atoms. The molecule has 2 aliphatic rings. The third-order valence-corrected chi connectivity index (χ3v) is 6.53. The van der Waals surface area contributed by atoms with Crippen molar-refractivity contribution in [2.45, 2.75) is 19.8 Å². The number of amides is 1. The normalized spacial score (nSPS) is 23.8. The molecule has 0 unspecified atom stereocenters. The Kier molecular flexibility index (Phi) is 3.60. The molecule has 2 heterocycles. The van der Waals surface area contributed by atoms with Gasteiger partial charge in [-0.05, 0) is 54.7 Å². The average molecular weight is 347 g/mol. The molecule has 1 aromatic carbocycles. The summed E-state index contributed by atoms with van der Waals surface area (Å²) in [6.07, 6.45) is 2.13. The molecule has 0 radical (unpaired) electrons. The van der Waals surface area contributed by atoms with E-state index in [1.165, 1.54) is 23.5 Å². The fourth-order valence-corrected chi connectivity index (χ4v) is 5.01. The van der Waals surface area contributed by atoms with E-state index < -0.39 is 11.9 Å². The molecule has 1 aromatic heterocycles. The molecular weight excluding hydrogens is 329 g/mol. The number of likely N-dealkylation sites (tertiary alicyclic amines) is 1. The lowest BCUT2D eigenvalue weighted by Crippen LogP contribution is -2.29. The van der Waals surface area contributed by atoms with Gasteiger partial charge in [-0.15, -0.1) is 11.3 Å². The van der Waals surface area contributed by atoms with Gasteiger partial charge in [-0.1, -0.05) is 6.07 Å². The summed E-state index contributed by atoms with van der Waals surface area (Å²) >= 11 is 1.29. The Hall–Kier alpha value is -1.95. The van der Waals surface area contributed by atoms with E-state index in [1.807, 2.05) is 6.92 Å². The van der Waals surface area contributed by atoms with Crippen molar-refractivity contribution in [1.82, 2.24) is 4.90 Å². The lowest BCUT2D eigenvalue weighted by Gasteiger charge is -2.15. The highest BCUT2D eigenvalue weighted by Gasteiger charge is 2.47. The van der Waals surface area contributed by atoms with Crippen molar-refractivity contribution < 1.29 is 19.1 Å². The Morgan fingerprint density at radius 2 is 2.04 bits per heavy atom. The van der Waals surface area contributed by atoms with Crippen molar-refractivity contribution in [2.75, 3.05) is 13.1 Å². The van der Waals surface area contributed by atoms with Crippen LogP contribution >= 0.6 is 11.3 Å². The molecule has 6 heteroatoms. The number of benzene rings is 1. The van der Waals surface area contributed by atoms with Gasteiger partial charge in [0.25, 0.3) is 5.91 Å². The van der Waals surface area contributed by atoms with Crippen LogP contribution in [0.3, 0.4) is 0 Å². The van der Waals surface area contributed by atoms with Crippen LogP contribution < -0.4 is 0 Å². The summed E-state index contributed by atoms with van der Waals surface area (Å²) < 4.78 is 14.2. The van der Waals surface area contributed by atoms with Gasteiger partial charge in [0.1, 0.15) is 5.82 Å². The first-order valence-corrected chi connectivity index (χ1v) is 8.98. The van der Waals surface area contributed by atoms with E-state index >= 15 is 0 Å². The molecule has 2 aromatic rings. The maximum absolute atomic E-state index is 13.4. The zero-order valence-electron chi connectivity index (χ0n) is 13.3. The molecule has 1 aliphatic heterocycles. The van der Waals surface area contributed by atoms with Gasteiger partial charge in [0.2, 0.25) is 0 Å². The van der Waals surface area contributed by atoms with E-state index in [2.05, 4.69) is 0 Å². The molecule has 0 bridgehead atoms. The van der Waals surface area contributed by atoms with Crippen molar-refractivity contribution in [3.63, 3.8) is 0 Å². The maximum atomic E-state index is 13.4. The smallest absolute Gasteiger partial charge is 0.308 e. The van der Waals surface area contributed by atoms with E-state index in [-0.39, 0.29) is 24.2 Å². The average Bonchev–Trinajstić information content (AvgIpc) is 3.20. The van der Waals surface area contributed by atoms with Gasteiger partial charge in [-0.25, -0.2) is 4.39 Å². The van der Waals surface area contributed by atoms with Crippen molar-refractivity contribution in [3.8, 4) is 0 Å². The summed E-state index contributed by atoms with van der Waals surface area (Å²) in [6.45, 7) is 2.66. The number of thiophene rings is 1. The number of aryl methyl sites for hydroxylation is 1. The van der Waals surface area contributed by atoms with Gasteiger partial charge >= 0.3 is 5.97 Å². The van der Waals surface area contributed by atoms with Crippen LogP contribution in [-0.2, 0) is 4.79 Å². The number of carbonyl (C=O) groups is 2. The Balaban J connectivity index is 1.64. The summed E-state index contributed by atoms with van der Waals surface area (Å²) in [4.78, 5) is 26.7. The molecule has 2 fully saturated rings. The number of nitrogens with zero attached hydrogens (tertiary/aromatic N) is 1. The van der Waals surface area contributed by atoms with Crippen LogP contribution in [0.25, 0.3) is 10.1 Å². The number of halogens is 1. The Morgan fingerprint density at radius 1 is 1.29 bits per heavy atom. The highest BCUT2D eigenvalue weighted by Crippen LogP contribution is 2.44. The number of carbonyl (C=O) groups excluding carboxylic acids is 1. The predicted molar refractivity (Wildman–Crippen MR) is 89.8 cm³/mol. The monoisotopic (exact) mass is 347 g/mol. The fourth-order valence-electron chi connectivity index (χ4n) is 3.81. The minimum absolute atomic E-state index is 0.0681. The SMILES string of the molecule is Cc1c(C(=O)N2C[C@H](C(=O)O)[C@@H](C3CC3)C2)sc2cc(F)ccc12. The summed E-state index contributed by atoms with van der Waals surface area (Å²) in [7, 11) is 0. The van der Waals surface area contributed by atoms with Gasteiger partial charge < -0.3 is 10.0 Å². The molecule has 1 amide bonds. The van der Waals surface area contributed by atoms with Crippen molar-refractivity contribution in [1.29, 1.82) is 0 Å². The van der Waals surface area contributed by atoms with E-state index in [0.29, 0.717) is 17.3 Å². The van der Waals surface area contributed by atoms with E-state index in [9.17, 15) is 19.1 Å². The van der Waals surface area contributed by atoms with Crippen molar-refractivity contribution in [3.05, 3.63) is 34.5 Å². The van der Waals surface area contributed by atoms with Gasteiger partial charge in [0.05, 0.1) is 10.8 Å². The van der Waals surface area contributed by atoms with E-state index in [4.69, 9.17) is 0 Å². The summed E-state index contributed by atoms with van der Waals surface area (Å²) in [5.41, 5.74) is 0.849. The number of rotatable bonds is 3. The lowest BCUT2D eigenvalue weighted by molar-refractivity contribution is -0.142. The maximum Gasteiger partial charge on any atom is 0.308 e. The van der Waals surface area contributed by atoms with Gasteiger partial charge in [-0.3, -0.25) is 9.59 Å². The number of aliphatic carboxylic acids is 1. The minimum atomic E-state index is -0.808. The number of fused-ring (bicyclic) bond motifs is 1. The third-order valence-electron chi connectivity index (χ3n) is 5.29. The molecule has 4 rings (SSSR count). The predicted octanol–water partition coefficient (Wildman–Crippen LogP) is 3.53. The van der Waals surface area contributed by atoms with Gasteiger partial charge in [0.15, 0.2) is 0 Å². The topological polar surface area (TPSA) is 57.6 Å². The molecule has 1 saturated carbocycles. The molecule has 4 nitrogen and oxygen atoms in total. The fraction of sp³-hybridized carbons (Fsp3) is 0.444. The van der Waals surface area contributed by atoms with Crippen LogP contribution in [0.1, 0.15) is 28.1 Å². The first-order chi connectivity index (χ1) is 11.5. The summed E-state index contributed by atoms with van der Waals surface area (Å²) in [6, 6.07) is 4.54. The molecule has 126 valence electrons. The second-order valence-corrected chi connectivity index (χ2v) is 7.91. The third kappa shape index (κ3) is 2.49. The van der Waals surface area contributed by atoms with Crippen molar-refractivity contribution >= 4 is 33.3 Å². The first kappa shape index (κ1) is 15.6. The summed E-state index contributed by atoms with van der Waals surface area (Å²) in [5.74, 6) is -1.20. The van der Waals surface area contributed by atoms with Crippen LogP contribution in [0.5, 0.6) is 0 Å². The number of carboxylic acids is 1. The highest BCUT2D eigenvalue weighted by molar-refractivity contribution is 7.21. The van der Waals surface area contributed by atoms with Crippen LogP contribution in [0.4, 0.5) is 4.39 Å². The highest BCUT2D eigenvalue weighted by atomic mass is 32.1. The van der Waals surface area contributed by atoms with Crippen LogP contribution in [0.2, 0.25) is 0 Å². The standard InChI is InChI=1S/C18H18FNO3S/c1-9-12-5-4-11(19)6-15(12)24-16(9)17(21)20-7-13(10-2-3-10)14(8-20)18(22)23/h4-6,10,13-14H,2-3,7-8H2,1H3,(H,22,23)/t13-,14+/m1/s1. The van der Waals surface area contributed by atoms with E-state index in [0.717, 1.165) is 28.5 Å². The van der Waals surface area contributed by atoms with Crippen LogP contribution in [0.15, 0.2) is 18.2 Å². The first-order valence-electron chi connectivity index (χ1n) is 8.16. The molecule has 1 saturated heterocycles. The number of hydrogen-bond acceptors (Lipinski definition) is 3. The minimum Gasteiger partial charge on any atom is -0.481 e. The Bertz CT molecular complexity index is 842. The second-order valence-electron chi connectivity index (χ2n) is 6.85. The Labute approximate surface area is 142 Å². The number of carboxylic acid groups (broad SMARTS) is 1. The molecular formula is C18H18FNO3S. The second kappa shape index (κ2) is 5.55.